The Morgan fingerprint density at radius 2 is 1.74 bits per heavy atom. The molecule has 0 saturated heterocycles. The Bertz CT molecular complexity index is 878. The van der Waals surface area contributed by atoms with Crippen molar-refractivity contribution in [3.63, 3.8) is 0 Å². The number of rotatable bonds is 6. The van der Waals surface area contributed by atoms with Gasteiger partial charge in [-0.1, -0.05) is 0 Å². The lowest BCUT2D eigenvalue weighted by molar-refractivity contribution is -0.138. The third-order valence-corrected chi connectivity index (χ3v) is 3.85. The molecular weight excluding hydrogens is 402 g/mol. The van der Waals surface area contributed by atoms with Crippen molar-refractivity contribution in [2.45, 2.75) is 12.4 Å². The van der Waals surface area contributed by atoms with Crippen molar-refractivity contribution in [1.82, 2.24) is 0 Å². The van der Waals surface area contributed by atoms with Crippen molar-refractivity contribution in [3.8, 4) is 5.75 Å². The summed E-state index contributed by atoms with van der Waals surface area (Å²) >= 11 is 0. The Kier molecular flexibility index (Phi) is 6.78. The fourth-order valence-corrected chi connectivity index (χ4v) is 2.09. The van der Waals surface area contributed by atoms with E-state index in [9.17, 15) is 35.6 Å². The first-order valence-corrected chi connectivity index (χ1v) is 8.19. The number of methoxy groups -OCH3 is 2. The molecule has 0 aliphatic heterocycles. The van der Waals surface area contributed by atoms with E-state index in [0.29, 0.717) is 18.2 Å². The number of ether oxygens (including phenoxy) is 2. The Labute approximate surface area is 150 Å². The average molecular weight is 415 g/mol. The lowest BCUT2D eigenvalue weighted by Gasteiger charge is -2.15. The van der Waals surface area contributed by atoms with Crippen molar-refractivity contribution < 1.29 is 49.2 Å². The van der Waals surface area contributed by atoms with Gasteiger partial charge in [-0.15, -0.1) is 0 Å². The predicted octanol–water partition coefficient (Wildman–Crippen LogP) is 2.00. The fraction of sp³-hybridized carbons (Fsp3) is 0.286. The number of aryl methyl sites for hydroxylation is 1. The number of anilines is 1. The highest BCUT2D eigenvalue weighted by Gasteiger charge is 2.48. The Morgan fingerprint density at radius 3 is 2.22 bits per heavy atom. The van der Waals surface area contributed by atoms with Crippen LogP contribution in [-0.4, -0.2) is 40.1 Å². The summed E-state index contributed by atoms with van der Waals surface area (Å²) in [6.45, 7) is 1.10. The van der Waals surface area contributed by atoms with Crippen LogP contribution in [0.1, 0.15) is 5.56 Å². The quantitative estimate of drug-likeness (QED) is 0.247. The minimum atomic E-state index is -6.01. The highest BCUT2D eigenvalue weighted by Crippen LogP contribution is 2.32. The van der Waals surface area contributed by atoms with Gasteiger partial charge in [-0.05, 0) is 18.6 Å². The number of hydrogen-bond donors (Lipinski definition) is 1. The van der Waals surface area contributed by atoms with Gasteiger partial charge in [0.2, 0.25) is 0 Å². The first-order chi connectivity index (χ1) is 12.3. The minimum absolute atomic E-state index is 0.276. The molecule has 0 unspecified atom stereocenters. The van der Waals surface area contributed by atoms with Crippen LogP contribution < -0.4 is 9.50 Å². The zero-order valence-corrected chi connectivity index (χ0v) is 14.8. The van der Waals surface area contributed by atoms with Crippen molar-refractivity contribution >= 4 is 27.7 Å². The van der Waals surface area contributed by atoms with Crippen LogP contribution in [0, 0.1) is 12.7 Å². The number of carbonyl (C=O) groups is 2. The van der Waals surface area contributed by atoms with E-state index in [1.165, 1.54) is 0 Å². The first-order valence-electron chi connectivity index (χ1n) is 6.78. The molecule has 0 aliphatic carbocycles. The summed E-state index contributed by atoms with van der Waals surface area (Å²) < 4.78 is 86.3. The zero-order chi connectivity index (χ0) is 21.0. The van der Waals surface area contributed by atoms with E-state index >= 15 is 0 Å². The summed E-state index contributed by atoms with van der Waals surface area (Å²) in [4.78, 5) is 22.9. The van der Waals surface area contributed by atoms with Crippen LogP contribution in [0.4, 0.5) is 23.2 Å². The molecule has 0 heterocycles. The molecule has 1 aromatic rings. The van der Waals surface area contributed by atoms with Gasteiger partial charge in [0, 0.05) is 6.07 Å². The van der Waals surface area contributed by atoms with Gasteiger partial charge < -0.3 is 19.0 Å². The van der Waals surface area contributed by atoms with Gasteiger partial charge in [-0.25, -0.2) is 14.0 Å². The molecule has 0 bridgehead atoms. The van der Waals surface area contributed by atoms with Gasteiger partial charge in [0.1, 0.15) is 17.3 Å². The fourth-order valence-electron chi connectivity index (χ4n) is 1.58. The molecule has 0 atom stereocenters. The molecule has 0 radical (unpaired) electrons. The van der Waals surface area contributed by atoms with E-state index in [4.69, 9.17) is 0 Å². The summed E-state index contributed by atoms with van der Waals surface area (Å²) in [5.41, 5.74) is -7.27. The van der Waals surface area contributed by atoms with Crippen LogP contribution in [0.3, 0.4) is 0 Å². The van der Waals surface area contributed by atoms with Gasteiger partial charge in [-0.3, -0.25) is 0 Å². The molecule has 1 rings (SSSR count). The van der Waals surface area contributed by atoms with Crippen LogP contribution in [-0.2, 0) is 29.2 Å². The summed E-state index contributed by atoms with van der Waals surface area (Å²) in [6.07, 6.45) is 0.595. The monoisotopic (exact) mass is 415 g/mol. The highest BCUT2D eigenvalue weighted by molar-refractivity contribution is 7.88. The maximum Gasteiger partial charge on any atom is 0.534 e. The smallest absolute Gasteiger partial charge is 0.466 e. The van der Waals surface area contributed by atoms with Crippen LogP contribution in [0.25, 0.3) is 0 Å². The maximum atomic E-state index is 14.1. The third-order valence-electron chi connectivity index (χ3n) is 2.89. The van der Waals surface area contributed by atoms with Crippen molar-refractivity contribution in [2.75, 3.05) is 19.5 Å². The standard InChI is InChI=1S/C14H13F4NO7S/c1-7-4-8(15)9(5-11(7)26-27(22,23)14(16,17)18)19-10(13(21)25-3)6-12(20)24-2/h4-6,19H,1-3H3/b10-6+. The zero-order valence-electron chi connectivity index (χ0n) is 14.0. The van der Waals surface area contributed by atoms with Gasteiger partial charge in [0.05, 0.1) is 26.0 Å². The van der Waals surface area contributed by atoms with Gasteiger partial charge >= 0.3 is 27.6 Å². The molecule has 8 nitrogen and oxygen atoms in total. The van der Waals surface area contributed by atoms with Gasteiger partial charge in [0.15, 0.2) is 0 Å². The molecule has 150 valence electrons. The number of alkyl halides is 3. The minimum Gasteiger partial charge on any atom is -0.466 e. The van der Waals surface area contributed by atoms with E-state index in [-0.39, 0.29) is 5.56 Å². The molecule has 1 N–H and O–H groups in total. The van der Waals surface area contributed by atoms with Gasteiger partial charge in [-0.2, -0.15) is 21.6 Å². The Hall–Kier alpha value is -2.83. The van der Waals surface area contributed by atoms with E-state index in [2.05, 4.69) is 19.0 Å². The van der Waals surface area contributed by atoms with Gasteiger partial charge in [0.25, 0.3) is 0 Å². The molecule has 0 aromatic heterocycles. The number of carbonyl (C=O) groups excluding carboxylic acids is 2. The van der Waals surface area contributed by atoms with Crippen LogP contribution in [0.5, 0.6) is 5.75 Å². The number of halogens is 4. The number of benzene rings is 1. The summed E-state index contributed by atoms with van der Waals surface area (Å²) in [7, 11) is -4.06. The normalized spacial score (nSPS) is 12.3. The molecule has 0 saturated carbocycles. The third kappa shape index (κ3) is 5.57. The van der Waals surface area contributed by atoms with E-state index in [1.54, 1.807) is 0 Å². The lowest BCUT2D eigenvalue weighted by atomic mass is 10.2. The Morgan fingerprint density at radius 1 is 1.15 bits per heavy atom. The number of hydrogen-bond acceptors (Lipinski definition) is 8. The van der Waals surface area contributed by atoms with E-state index < -0.39 is 50.5 Å². The van der Waals surface area contributed by atoms with Crippen molar-refractivity contribution in [3.05, 3.63) is 35.3 Å². The molecule has 0 aliphatic rings. The molecule has 0 fully saturated rings. The largest absolute Gasteiger partial charge is 0.534 e. The van der Waals surface area contributed by atoms with E-state index in [1.807, 2.05) is 0 Å². The molecular formula is C14H13F4NO7S. The van der Waals surface area contributed by atoms with Crippen LogP contribution in [0.15, 0.2) is 23.9 Å². The first kappa shape index (κ1) is 22.2. The van der Waals surface area contributed by atoms with Crippen LogP contribution in [0.2, 0.25) is 0 Å². The maximum absolute atomic E-state index is 14.1. The van der Waals surface area contributed by atoms with E-state index in [0.717, 1.165) is 21.1 Å². The predicted molar refractivity (Wildman–Crippen MR) is 82.5 cm³/mol. The van der Waals surface area contributed by atoms with Crippen molar-refractivity contribution in [1.29, 1.82) is 0 Å². The summed E-state index contributed by atoms with van der Waals surface area (Å²) in [5, 5.41) is 2.11. The SMILES string of the molecule is COC(=O)/C=C(/Nc1cc(OS(=O)(=O)C(F)(F)F)c(C)cc1F)C(=O)OC. The summed E-state index contributed by atoms with van der Waals surface area (Å²) in [5.74, 6) is -4.08. The second kappa shape index (κ2) is 8.24. The number of nitrogens with one attached hydrogen (secondary N) is 1. The Balaban J connectivity index is 3.35. The molecule has 27 heavy (non-hydrogen) atoms. The molecule has 0 amide bonds. The average Bonchev–Trinajstić information content (AvgIpc) is 2.56. The lowest BCUT2D eigenvalue weighted by Crippen LogP contribution is -2.28. The molecule has 1 aromatic carbocycles. The second-order valence-corrected chi connectivity index (χ2v) is 6.32. The van der Waals surface area contributed by atoms with Crippen molar-refractivity contribution in [2.24, 2.45) is 0 Å². The highest BCUT2D eigenvalue weighted by atomic mass is 32.2. The summed E-state index contributed by atoms with van der Waals surface area (Å²) in [6, 6.07) is 1.23. The topological polar surface area (TPSA) is 108 Å². The molecule has 0 spiro atoms. The van der Waals surface area contributed by atoms with Crippen LogP contribution >= 0.6 is 0 Å². The second-order valence-electron chi connectivity index (χ2n) is 4.78. The molecule has 13 heteroatoms. The number of esters is 2.